The molecule has 66 valence electrons. The molecule has 0 rings (SSSR count). The fourth-order valence-electron chi connectivity index (χ4n) is 0.735. The van der Waals surface area contributed by atoms with Gasteiger partial charge < -0.3 is 9.47 Å². The van der Waals surface area contributed by atoms with E-state index < -0.39 is 0 Å². The lowest BCUT2D eigenvalue weighted by Gasteiger charge is -2.11. The monoisotopic (exact) mass is 158 g/mol. The topological polar surface area (TPSA) is 18.5 Å². The van der Waals surface area contributed by atoms with Gasteiger partial charge >= 0.3 is 0 Å². The molecule has 0 amide bonds. The third kappa shape index (κ3) is 6.07. The number of ether oxygens (including phenoxy) is 2. The van der Waals surface area contributed by atoms with E-state index in [2.05, 4.69) is 13.0 Å². The van der Waals surface area contributed by atoms with Crippen molar-refractivity contribution in [2.45, 2.75) is 33.5 Å². The largest absolute Gasteiger partial charge is 0.349 e. The average molecular weight is 158 g/mol. The smallest absolute Gasteiger partial charge is 0.176 e. The molecule has 2 heteroatoms. The molecule has 11 heavy (non-hydrogen) atoms. The normalized spacial score (nSPS) is 11.6. The first-order valence-corrected chi connectivity index (χ1v) is 4.24. The van der Waals surface area contributed by atoms with E-state index >= 15 is 0 Å². The second kappa shape index (κ2) is 7.76. The van der Waals surface area contributed by atoms with Gasteiger partial charge in [-0.05, 0) is 26.3 Å². The first kappa shape index (κ1) is 10.7. The fraction of sp³-hybridized carbons (Fsp3) is 0.778. The fourth-order valence-corrected chi connectivity index (χ4v) is 0.735. The van der Waals surface area contributed by atoms with Crippen LogP contribution in [0.4, 0.5) is 0 Å². The molecule has 0 saturated heterocycles. The first-order valence-electron chi connectivity index (χ1n) is 4.24. The van der Waals surface area contributed by atoms with Crippen molar-refractivity contribution in [2.75, 3.05) is 13.2 Å². The summed E-state index contributed by atoms with van der Waals surface area (Å²) in [4.78, 5) is 0. The number of rotatable bonds is 6. The zero-order valence-electron chi connectivity index (χ0n) is 7.67. The van der Waals surface area contributed by atoms with Crippen LogP contribution in [0.2, 0.25) is 0 Å². The molecule has 0 aliphatic heterocycles. The molecule has 0 aromatic rings. The number of allylic oxidation sites excluding steroid dienone is 1. The maximum atomic E-state index is 5.28. The Kier molecular flexibility index (Phi) is 7.52. The van der Waals surface area contributed by atoms with Gasteiger partial charge in [-0.25, -0.2) is 0 Å². The van der Waals surface area contributed by atoms with Crippen LogP contribution in [0.5, 0.6) is 0 Å². The Labute approximate surface area is 69.2 Å². The van der Waals surface area contributed by atoms with Crippen LogP contribution in [0.15, 0.2) is 12.2 Å². The molecule has 0 N–H and O–H groups in total. The van der Waals surface area contributed by atoms with Crippen LogP contribution in [0.25, 0.3) is 0 Å². The van der Waals surface area contributed by atoms with Crippen molar-refractivity contribution in [1.29, 1.82) is 0 Å². The van der Waals surface area contributed by atoms with Gasteiger partial charge in [-0.2, -0.15) is 0 Å². The maximum Gasteiger partial charge on any atom is 0.176 e. The SMILES string of the molecule is CCC=CC(OCC)OCC. The molecule has 0 atom stereocenters. The molecule has 0 fully saturated rings. The molecule has 0 unspecified atom stereocenters. The summed E-state index contributed by atoms with van der Waals surface area (Å²) in [5, 5.41) is 0. The highest BCUT2D eigenvalue weighted by Gasteiger charge is 1.99. The van der Waals surface area contributed by atoms with Crippen LogP contribution in [-0.4, -0.2) is 19.5 Å². The average Bonchev–Trinajstić information content (AvgIpc) is 2.01. The van der Waals surface area contributed by atoms with E-state index in [1.165, 1.54) is 0 Å². The molecule has 0 aliphatic carbocycles. The van der Waals surface area contributed by atoms with Crippen LogP contribution < -0.4 is 0 Å². The van der Waals surface area contributed by atoms with Crippen LogP contribution >= 0.6 is 0 Å². The molecule has 0 spiro atoms. The molecule has 0 bridgehead atoms. The summed E-state index contributed by atoms with van der Waals surface area (Å²) in [5.74, 6) is 0. The van der Waals surface area contributed by atoms with E-state index in [1.807, 2.05) is 19.9 Å². The zero-order chi connectivity index (χ0) is 8.53. The predicted molar refractivity (Wildman–Crippen MR) is 46.5 cm³/mol. The van der Waals surface area contributed by atoms with Crippen molar-refractivity contribution >= 4 is 0 Å². The van der Waals surface area contributed by atoms with Crippen LogP contribution in [0.3, 0.4) is 0 Å². The van der Waals surface area contributed by atoms with Crippen molar-refractivity contribution in [3.05, 3.63) is 12.2 Å². The zero-order valence-corrected chi connectivity index (χ0v) is 7.67. The summed E-state index contributed by atoms with van der Waals surface area (Å²) in [6.07, 6.45) is 4.88. The second-order valence-electron chi connectivity index (χ2n) is 2.12. The summed E-state index contributed by atoms with van der Waals surface area (Å²) in [5.41, 5.74) is 0. The van der Waals surface area contributed by atoms with Gasteiger partial charge in [-0.15, -0.1) is 0 Å². The molecule has 0 saturated carbocycles. The van der Waals surface area contributed by atoms with E-state index in [1.54, 1.807) is 0 Å². The van der Waals surface area contributed by atoms with E-state index in [-0.39, 0.29) is 6.29 Å². The minimum atomic E-state index is -0.148. The van der Waals surface area contributed by atoms with E-state index in [4.69, 9.17) is 9.47 Å². The Bertz CT molecular complexity index is 93.7. The number of hydrogen-bond donors (Lipinski definition) is 0. The Hall–Kier alpha value is -0.340. The maximum absolute atomic E-state index is 5.28. The van der Waals surface area contributed by atoms with Gasteiger partial charge in [0.05, 0.1) is 0 Å². The Balaban J connectivity index is 3.58. The Morgan fingerprint density at radius 3 is 2.00 bits per heavy atom. The number of hydrogen-bond acceptors (Lipinski definition) is 2. The van der Waals surface area contributed by atoms with Crippen molar-refractivity contribution in [3.8, 4) is 0 Å². The summed E-state index contributed by atoms with van der Waals surface area (Å²) in [6, 6.07) is 0. The van der Waals surface area contributed by atoms with Crippen LogP contribution in [0, 0.1) is 0 Å². The van der Waals surface area contributed by atoms with Crippen molar-refractivity contribution in [1.82, 2.24) is 0 Å². The lowest BCUT2D eigenvalue weighted by molar-refractivity contribution is -0.104. The molecule has 0 heterocycles. The van der Waals surface area contributed by atoms with Crippen LogP contribution in [-0.2, 0) is 9.47 Å². The van der Waals surface area contributed by atoms with Gasteiger partial charge in [0.1, 0.15) is 0 Å². The second-order valence-corrected chi connectivity index (χ2v) is 2.12. The minimum Gasteiger partial charge on any atom is -0.349 e. The van der Waals surface area contributed by atoms with Gasteiger partial charge in [0.2, 0.25) is 0 Å². The summed E-state index contributed by atoms with van der Waals surface area (Å²) in [7, 11) is 0. The van der Waals surface area contributed by atoms with E-state index in [9.17, 15) is 0 Å². The molecule has 0 aromatic heterocycles. The third-order valence-corrected chi connectivity index (χ3v) is 1.19. The first-order chi connectivity index (χ1) is 5.35. The third-order valence-electron chi connectivity index (χ3n) is 1.19. The van der Waals surface area contributed by atoms with Gasteiger partial charge in [0.15, 0.2) is 6.29 Å². The van der Waals surface area contributed by atoms with Crippen molar-refractivity contribution in [2.24, 2.45) is 0 Å². The molecular weight excluding hydrogens is 140 g/mol. The molecule has 0 aliphatic rings. The Morgan fingerprint density at radius 1 is 1.09 bits per heavy atom. The van der Waals surface area contributed by atoms with Gasteiger partial charge in [0.25, 0.3) is 0 Å². The van der Waals surface area contributed by atoms with Gasteiger partial charge in [-0.1, -0.05) is 13.0 Å². The molecule has 0 radical (unpaired) electrons. The van der Waals surface area contributed by atoms with E-state index in [0.29, 0.717) is 13.2 Å². The minimum absolute atomic E-state index is 0.148. The van der Waals surface area contributed by atoms with Gasteiger partial charge in [-0.3, -0.25) is 0 Å². The lowest BCUT2D eigenvalue weighted by Crippen LogP contribution is -2.13. The van der Waals surface area contributed by atoms with E-state index in [0.717, 1.165) is 6.42 Å². The van der Waals surface area contributed by atoms with Crippen molar-refractivity contribution in [3.63, 3.8) is 0 Å². The lowest BCUT2D eigenvalue weighted by atomic mass is 10.4. The van der Waals surface area contributed by atoms with Gasteiger partial charge in [0, 0.05) is 13.2 Å². The highest BCUT2D eigenvalue weighted by molar-refractivity contribution is 4.83. The summed E-state index contributed by atoms with van der Waals surface area (Å²) in [6.45, 7) is 7.40. The predicted octanol–water partition coefficient (Wildman–Crippen LogP) is 2.35. The van der Waals surface area contributed by atoms with Crippen LogP contribution in [0.1, 0.15) is 27.2 Å². The molecule has 2 nitrogen and oxygen atoms in total. The standard InChI is InChI=1S/C9H18O2/c1-4-7-8-9(10-5-2)11-6-3/h7-9H,4-6H2,1-3H3. The summed E-state index contributed by atoms with van der Waals surface area (Å²) >= 11 is 0. The van der Waals surface area contributed by atoms with Crippen molar-refractivity contribution < 1.29 is 9.47 Å². The highest BCUT2D eigenvalue weighted by Crippen LogP contribution is 1.97. The molecule has 0 aromatic carbocycles. The molecular formula is C9H18O2. The quantitative estimate of drug-likeness (QED) is 0.436. The summed E-state index contributed by atoms with van der Waals surface area (Å²) < 4.78 is 10.6. The Morgan fingerprint density at radius 2 is 1.64 bits per heavy atom. The highest BCUT2D eigenvalue weighted by atomic mass is 16.7.